The average Bonchev–Trinajstić information content (AvgIpc) is 0.811. The van der Waals surface area contributed by atoms with Gasteiger partial charge in [0.05, 0.1) is 0 Å². The van der Waals surface area contributed by atoms with Crippen molar-refractivity contribution in [3.8, 4) is 0 Å². The largest absolute Gasteiger partial charge is 1.00 e. The Morgan fingerprint density at radius 2 is 1.33 bits per heavy atom. The van der Waals surface area contributed by atoms with Crippen molar-refractivity contribution in [3.63, 3.8) is 0 Å². The van der Waals surface area contributed by atoms with Gasteiger partial charge in [0.15, 0.2) is 0 Å². The Morgan fingerprint density at radius 3 is 1.33 bits per heavy atom. The summed E-state index contributed by atoms with van der Waals surface area (Å²) in [5.74, 6) is 0. The molecule has 0 saturated carbocycles. The van der Waals surface area contributed by atoms with Gasteiger partial charge in [-0.05, 0) is 13.8 Å². The summed E-state index contributed by atoms with van der Waals surface area (Å²) in [7, 11) is 0. The summed E-state index contributed by atoms with van der Waals surface area (Å²) in [6, 6.07) is 0. The Hall–Kier alpha value is 1.13. The molecule has 0 aromatic heterocycles. The maximum atomic E-state index is 8.06. The third-order valence-corrected chi connectivity index (χ3v) is 0. The summed E-state index contributed by atoms with van der Waals surface area (Å²) in [4.78, 5) is 0. The van der Waals surface area contributed by atoms with Crippen LogP contribution < -0.4 is 12.4 Å². The van der Waals surface area contributed by atoms with Crippen molar-refractivity contribution in [2.45, 2.75) is 20.0 Å². The van der Waals surface area contributed by atoms with Crippen molar-refractivity contribution in [1.29, 1.82) is 0 Å². The van der Waals surface area contributed by atoms with Crippen LogP contribution in [-0.4, -0.2) is 11.2 Å². The molecule has 0 heterocycles. The van der Waals surface area contributed by atoms with Crippen molar-refractivity contribution >= 4 is 0 Å². The molecule has 0 saturated heterocycles. The summed E-state index contributed by atoms with van der Waals surface area (Å²) in [5, 5.41) is 8.06. The van der Waals surface area contributed by atoms with Crippen LogP contribution in [0.3, 0.4) is 0 Å². The van der Waals surface area contributed by atoms with E-state index < -0.39 is 0 Å². The number of halogens is 1. The molecule has 0 rings (SSSR count). The van der Waals surface area contributed by atoms with Crippen molar-refractivity contribution in [3.05, 3.63) is 0 Å². The summed E-state index contributed by atoms with van der Waals surface area (Å²) < 4.78 is 0. The van der Waals surface area contributed by atoms with Gasteiger partial charge in [-0.3, -0.25) is 0 Å². The van der Waals surface area contributed by atoms with Gasteiger partial charge in [0.2, 0.25) is 0 Å². The van der Waals surface area contributed by atoms with E-state index in [1.165, 1.54) is 0 Å². The minimum absolute atomic E-state index is 0. The number of aliphatic hydroxyl groups is 1. The molecule has 1 N–H and O–H groups in total. The first-order valence-corrected chi connectivity index (χ1v) is 1.41. The molecule has 0 aliphatic heterocycles. The Kier molecular flexibility index (Phi) is 24.8. The fourth-order valence-corrected chi connectivity index (χ4v) is 0. The predicted octanol–water partition coefficient (Wildman–Crippen LogP) is -2.61. The molecule has 0 aromatic rings. The Morgan fingerprint density at radius 1 is 1.33 bits per heavy atom. The normalized spacial score (nSPS) is 6.00. The van der Waals surface area contributed by atoms with Gasteiger partial charge in [-0.1, -0.05) is 0 Å². The molecule has 0 radical (unpaired) electrons. The molecule has 0 spiro atoms. The fourth-order valence-electron chi connectivity index (χ4n) is 0. The van der Waals surface area contributed by atoms with Gasteiger partial charge in [-0.15, -0.1) is 0 Å². The molecule has 0 bridgehead atoms. The molecule has 0 fully saturated rings. The minimum atomic E-state index is -0.167. The smallest absolute Gasteiger partial charge is 0.0483 e. The standard InChI is InChI=1S/C3H8O.ClH.Zr/c1-3(2)4;;/h3-4H,1-2H3;1H;/p-1. The van der Waals surface area contributed by atoms with Crippen molar-refractivity contribution in [1.82, 2.24) is 0 Å². The molecule has 3 heteroatoms. The van der Waals surface area contributed by atoms with E-state index in [9.17, 15) is 0 Å². The zero-order chi connectivity index (χ0) is 3.58. The van der Waals surface area contributed by atoms with E-state index in [2.05, 4.69) is 0 Å². The summed E-state index contributed by atoms with van der Waals surface area (Å²) in [5.41, 5.74) is 0. The summed E-state index contributed by atoms with van der Waals surface area (Å²) in [6.07, 6.45) is -0.167. The Labute approximate surface area is 63.7 Å². The van der Waals surface area contributed by atoms with E-state index >= 15 is 0 Å². The van der Waals surface area contributed by atoms with Crippen molar-refractivity contribution in [2.24, 2.45) is 0 Å². The first-order chi connectivity index (χ1) is 1.73. The minimum Gasteiger partial charge on any atom is -1.00 e. The molecule has 0 unspecified atom stereocenters. The van der Waals surface area contributed by atoms with Crippen LogP contribution in [0.15, 0.2) is 0 Å². The molecule has 0 aliphatic carbocycles. The van der Waals surface area contributed by atoms with E-state index in [4.69, 9.17) is 5.11 Å². The Balaban J connectivity index is -0.0000000450. The molecule has 0 amide bonds. The first kappa shape index (κ1) is 15.7. The molecule has 38 valence electrons. The van der Waals surface area contributed by atoms with Crippen LogP contribution in [0, 0.1) is 0 Å². The number of rotatable bonds is 0. The van der Waals surface area contributed by atoms with Crippen molar-refractivity contribution in [2.75, 3.05) is 0 Å². The van der Waals surface area contributed by atoms with Crippen LogP contribution in [0.1, 0.15) is 13.8 Å². The molecular formula is C3H8ClOZr-. The van der Waals surface area contributed by atoms with E-state index in [0.29, 0.717) is 0 Å². The van der Waals surface area contributed by atoms with E-state index in [1.54, 1.807) is 13.8 Å². The van der Waals surface area contributed by atoms with E-state index in [1.807, 2.05) is 0 Å². The van der Waals surface area contributed by atoms with Gasteiger partial charge in [-0.2, -0.15) is 0 Å². The SMILES string of the molecule is CC(C)O.[Cl-].[Zr]. The van der Waals surface area contributed by atoms with Crippen LogP contribution in [0.25, 0.3) is 0 Å². The van der Waals surface area contributed by atoms with Gasteiger partial charge in [0, 0.05) is 32.3 Å². The molecule has 0 atom stereocenters. The monoisotopic (exact) mass is 185 g/mol. The summed E-state index contributed by atoms with van der Waals surface area (Å²) in [6.45, 7) is 3.44. The Bertz CT molecular complexity index is 15.5. The number of hydrogen-bond donors (Lipinski definition) is 1. The predicted molar refractivity (Wildman–Crippen MR) is 17.4 cm³/mol. The quantitative estimate of drug-likeness (QED) is 0.440. The topological polar surface area (TPSA) is 20.2 Å². The van der Waals surface area contributed by atoms with Crippen LogP contribution in [-0.2, 0) is 26.2 Å². The van der Waals surface area contributed by atoms with Crippen molar-refractivity contribution < 1.29 is 43.7 Å². The third kappa shape index (κ3) is 68.3. The number of aliphatic hydroxyl groups excluding tert-OH is 1. The number of hydrogen-bond acceptors (Lipinski definition) is 1. The maximum Gasteiger partial charge on any atom is 0.0483 e. The van der Waals surface area contributed by atoms with Gasteiger partial charge in [-0.25, -0.2) is 0 Å². The summed E-state index contributed by atoms with van der Waals surface area (Å²) >= 11 is 0. The van der Waals surface area contributed by atoms with Crippen LogP contribution in [0.4, 0.5) is 0 Å². The van der Waals surface area contributed by atoms with E-state index in [0.717, 1.165) is 0 Å². The third-order valence-electron chi connectivity index (χ3n) is 0. The second kappa shape index (κ2) is 9.46. The molecule has 1 nitrogen and oxygen atoms in total. The molecule has 0 aliphatic rings. The van der Waals surface area contributed by atoms with Gasteiger partial charge < -0.3 is 17.5 Å². The fraction of sp³-hybridized carbons (Fsp3) is 1.00. The van der Waals surface area contributed by atoms with Crippen LogP contribution in [0.2, 0.25) is 0 Å². The average molecular weight is 187 g/mol. The van der Waals surface area contributed by atoms with Gasteiger partial charge >= 0.3 is 0 Å². The molecular weight excluding hydrogens is 179 g/mol. The molecule has 0 aromatic carbocycles. The molecule has 6 heavy (non-hydrogen) atoms. The second-order valence-corrected chi connectivity index (χ2v) is 1.09. The van der Waals surface area contributed by atoms with Crippen LogP contribution in [0.5, 0.6) is 0 Å². The zero-order valence-corrected chi connectivity index (χ0v) is 7.12. The van der Waals surface area contributed by atoms with Gasteiger partial charge in [0.1, 0.15) is 0 Å². The van der Waals surface area contributed by atoms with Gasteiger partial charge in [0.25, 0.3) is 0 Å². The maximum absolute atomic E-state index is 8.06. The van der Waals surface area contributed by atoms with E-state index in [-0.39, 0.29) is 44.7 Å². The first-order valence-electron chi connectivity index (χ1n) is 1.41. The second-order valence-electron chi connectivity index (χ2n) is 1.09. The van der Waals surface area contributed by atoms with Crippen LogP contribution >= 0.6 is 0 Å². The zero-order valence-electron chi connectivity index (χ0n) is 3.90.